The molecule has 0 aliphatic rings. The fourth-order valence-corrected chi connectivity index (χ4v) is 3.92. The molecule has 7 heteroatoms. The molecule has 2 atom stereocenters. The molecule has 1 N–H and O–H groups in total. The molecule has 0 saturated carbocycles. The summed E-state index contributed by atoms with van der Waals surface area (Å²) >= 11 is 9.52. The molecule has 2 aromatic rings. The van der Waals surface area contributed by atoms with Crippen LogP contribution in [0.3, 0.4) is 0 Å². The SMILES string of the molecule is CCc1ccc(OCC(=O)N(Cc2ccc(Cl)cc2)C(CC)C(=O)NC(C)CC)c(Br)c1. The molecule has 0 spiro atoms. The van der Waals surface area contributed by atoms with Crippen LogP contribution in [0.2, 0.25) is 5.02 Å². The summed E-state index contributed by atoms with van der Waals surface area (Å²) in [6.07, 6.45) is 2.23. The number of aryl methyl sites for hydroxylation is 1. The number of halogens is 2. The molecule has 0 heterocycles. The van der Waals surface area contributed by atoms with Crippen LogP contribution in [0.25, 0.3) is 0 Å². The van der Waals surface area contributed by atoms with E-state index >= 15 is 0 Å². The van der Waals surface area contributed by atoms with Crippen molar-refractivity contribution in [1.82, 2.24) is 10.2 Å². The normalized spacial score (nSPS) is 12.7. The second-order valence-corrected chi connectivity index (χ2v) is 9.09. The molecule has 2 unspecified atom stereocenters. The fourth-order valence-electron chi connectivity index (χ4n) is 3.25. The van der Waals surface area contributed by atoms with Crippen LogP contribution in [0.15, 0.2) is 46.9 Å². The minimum Gasteiger partial charge on any atom is -0.483 e. The van der Waals surface area contributed by atoms with Gasteiger partial charge >= 0.3 is 0 Å². The van der Waals surface area contributed by atoms with Crippen molar-refractivity contribution in [2.24, 2.45) is 0 Å². The number of carbonyl (C=O) groups excluding carboxylic acids is 2. The number of hydrogen-bond donors (Lipinski definition) is 1. The molecule has 174 valence electrons. The second kappa shape index (κ2) is 12.9. The van der Waals surface area contributed by atoms with Gasteiger partial charge in [0.2, 0.25) is 5.91 Å². The van der Waals surface area contributed by atoms with E-state index < -0.39 is 6.04 Å². The van der Waals surface area contributed by atoms with Gasteiger partial charge < -0.3 is 15.0 Å². The van der Waals surface area contributed by atoms with Crippen molar-refractivity contribution < 1.29 is 14.3 Å². The molecule has 0 aliphatic carbocycles. The lowest BCUT2D eigenvalue weighted by Crippen LogP contribution is -2.51. The van der Waals surface area contributed by atoms with Crippen molar-refractivity contribution in [2.75, 3.05) is 6.61 Å². The lowest BCUT2D eigenvalue weighted by molar-refractivity contribution is -0.143. The first-order valence-corrected chi connectivity index (χ1v) is 12.2. The lowest BCUT2D eigenvalue weighted by Gasteiger charge is -2.31. The maximum Gasteiger partial charge on any atom is 0.261 e. The number of benzene rings is 2. The maximum atomic E-state index is 13.3. The highest BCUT2D eigenvalue weighted by atomic mass is 79.9. The van der Waals surface area contributed by atoms with Crippen molar-refractivity contribution in [3.8, 4) is 5.75 Å². The van der Waals surface area contributed by atoms with E-state index in [1.165, 1.54) is 5.56 Å². The lowest BCUT2D eigenvalue weighted by atomic mass is 10.1. The Kier molecular flexibility index (Phi) is 10.5. The maximum absolute atomic E-state index is 13.3. The molecule has 2 aromatic carbocycles. The summed E-state index contributed by atoms with van der Waals surface area (Å²) in [6.45, 7) is 8.08. The van der Waals surface area contributed by atoms with Crippen LogP contribution in [-0.2, 0) is 22.6 Å². The minimum atomic E-state index is -0.596. The Bertz CT molecular complexity index is 905. The van der Waals surface area contributed by atoms with E-state index in [1.54, 1.807) is 17.0 Å². The molecule has 2 amide bonds. The van der Waals surface area contributed by atoms with Crippen molar-refractivity contribution in [1.29, 1.82) is 0 Å². The molecule has 0 aliphatic heterocycles. The van der Waals surface area contributed by atoms with Crippen molar-refractivity contribution in [3.63, 3.8) is 0 Å². The number of hydrogen-bond acceptors (Lipinski definition) is 3. The van der Waals surface area contributed by atoms with Crippen LogP contribution in [0.5, 0.6) is 5.75 Å². The van der Waals surface area contributed by atoms with Gasteiger partial charge in [-0.15, -0.1) is 0 Å². The van der Waals surface area contributed by atoms with Crippen LogP contribution >= 0.6 is 27.5 Å². The van der Waals surface area contributed by atoms with E-state index in [9.17, 15) is 9.59 Å². The number of ether oxygens (including phenoxy) is 1. The summed E-state index contributed by atoms with van der Waals surface area (Å²) in [5.41, 5.74) is 2.07. The summed E-state index contributed by atoms with van der Waals surface area (Å²) in [7, 11) is 0. The first kappa shape index (κ1) is 26.2. The summed E-state index contributed by atoms with van der Waals surface area (Å²) < 4.78 is 6.62. The molecule has 5 nitrogen and oxygen atoms in total. The quantitative estimate of drug-likeness (QED) is 0.407. The highest BCUT2D eigenvalue weighted by Crippen LogP contribution is 2.26. The predicted octanol–water partition coefficient (Wildman–Crippen LogP) is 5.77. The van der Waals surface area contributed by atoms with Gasteiger partial charge in [0, 0.05) is 17.6 Å². The van der Waals surface area contributed by atoms with Crippen LogP contribution in [0.4, 0.5) is 0 Å². The number of nitrogens with zero attached hydrogens (tertiary/aromatic N) is 1. The Morgan fingerprint density at radius 3 is 2.28 bits per heavy atom. The predicted molar refractivity (Wildman–Crippen MR) is 133 cm³/mol. The van der Waals surface area contributed by atoms with Gasteiger partial charge in [-0.1, -0.05) is 50.6 Å². The monoisotopic (exact) mass is 522 g/mol. The van der Waals surface area contributed by atoms with E-state index in [2.05, 4.69) is 28.2 Å². The van der Waals surface area contributed by atoms with Crippen molar-refractivity contribution in [3.05, 3.63) is 63.1 Å². The van der Waals surface area contributed by atoms with Gasteiger partial charge in [-0.2, -0.15) is 0 Å². The summed E-state index contributed by atoms with van der Waals surface area (Å²) in [5.74, 6) is 0.189. The van der Waals surface area contributed by atoms with Crippen molar-refractivity contribution in [2.45, 2.75) is 65.6 Å². The smallest absolute Gasteiger partial charge is 0.261 e. The van der Waals surface area contributed by atoms with Gasteiger partial charge in [0.15, 0.2) is 6.61 Å². The van der Waals surface area contributed by atoms with E-state index in [4.69, 9.17) is 16.3 Å². The van der Waals surface area contributed by atoms with Crippen LogP contribution in [-0.4, -0.2) is 35.4 Å². The highest BCUT2D eigenvalue weighted by Gasteiger charge is 2.29. The zero-order valence-corrected chi connectivity index (χ0v) is 21.5. The Balaban J connectivity index is 2.22. The van der Waals surface area contributed by atoms with Gasteiger partial charge in [-0.05, 0) is 77.5 Å². The zero-order chi connectivity index (χ0) is 23.7. The molecule has 0 radical (unpaired) electrons. The fraction of sp³-hybridized carbons (Fsp3) is 0.440. The van der Waals surface area contributed by atoms with E-state index in [0.717, 1.165) is 22.9 Å². The molecule has 0 saturated heterocycles. The third-order valence-electron chi connectivity index (χ3n) is 5.41. The highest BCUT2D eigenvalue weighted by molar-refractivity contribution is 9.10. The first-order chi connectivity index (χ1) is 15.3. The molecule has 0 aromatic heterocycles. The third-order valence-corrected chi connectivity index (χ3v) is 6.28. The number of rotatable bonds is 11. The molecule has 0 fully saturated rings. The van der Waals surface area contributed by atoms with E-state index in [1.807, 2.05) is 51.1 Å². The summed E-state index contributed by atoms with van der Waals surface area (Å²) in [5, 5.41) is 3.63. The molecule has 2 rings (SSSR count). The average molecular weight is 524 g/mol. The third kappa shape index (κ3) is 7.52. The summed E-state index contributed by atoms with van der Waals surface area (Å²) in [6, 6.07) is 12.5. The van der Waals surface area contributed by atoms with Gasteiger partial charge in [-0.3, -0.25) is 9.59 Å². The van der Waals surface area contributed by atoms with Gasteiger partial charge in [0.25, 0.3) is 5.91 Å². The Hall–Kier alpha value is -2.05. The van der Waals surface area contributed by atoms with Crippen LogP contribution in [0.1, 0.15) is 51.7 Å². The Labute approximate surface area is 204 Å². The minimum absolute atomic E-state index is 0.0355. The number of carbonyl (C=O) groups is 2. The Morgan fingerprint density at radius 1 is 1.06 bits per heavy atom. The first-order valence-electron chi connectivity index (χ1n) is 11.0. The van der Waals surface area contributed by atoms with E-state index in [-0.39, 0.29) is 24.5 Å². The number of amides is 2. The molecular formula is C25H32BrClN2O3. The van der Waals surface area contributed by atoms with Crippen molar-refractivity contribution >= 4 is 39.3 Å². The van der Waals surface area contributed by atoms with Gasteiger partial charge in [-0.25, -0.2) is 0 Å². The van der Waals surface area contributed by atoms with E-state index in [0.29, 0.717) is 23.7 Å². The standard InChI is InChI=1S/C25H32BrClN2O3/c1-5-17(4)28-25(31)22(7-3)29(15-19-8-11-20(27)12-9-19)24(30)16-32-23-13-10-18(6-2)14-21(23)26/h8-14,17,22H,5-7,15-16H2,1-4H3,(H,28,31). The topological polar surface area (TPSA) is 58.6 Å². The summed E-state index contributed by atoms with van der Waals surface area (Å²) in [4.78, 5) is 27.8. The zero-order valence-electron chi connectivity index (χ0n) is 19.2. The second-order valence-electron chi connectivity index (χ2n) is 7.80. The Morgan fingerprint density at radius 2 is 1.72 bits per heavy atom. The molecule has 32 heavy (non-hydrogen) atoms. The molecular weight excluding hydrogens is 492 g/mol. The van der Waals surface area contributed by atoms with Crippen LogP contribution in [0, 0.1) is 0 Å². The number of nitrogens with one attached hydrogen (secondary N) is 1. The molecule has 0 bridgehead atoms. The largest absolute Gasteiger partial charge is 0.483 e. The van der Waals surface area contributed by atoms with Gasteiger partial charge in [0.1, 0.15) is 11.8 Å². The average Bonchev–Trinajstić information content (AvgIpc) is 2.78. The van der Waals surface area contributed by atoms with Gasteiger partial charge in [0.05, 0.1) is 4.47 Å². The van der Waals surface area contributed by atoms with Crippen LogP contribution < -0.4 is 10.1 Å².